The van der Waals surface area contributed by atoms with Crippen molar-refractivity contribution in [3.8, 4) is 27.9 Å². The highest BCUT2D eigenvalue weighted by atomic mass is 32.1. The Morgan fingerprint density at radius 1 is 0.250 bits per heavy atom. The van der Waals surface area contributed by atoms with E-state index in [9.17, 15) is 0 Å². The quantitative estimate of drug-likeness (QED) is 0.160. The van der Waals surface area contributed by atoms with Crippen LogP contribution in [0.5, 0.6) is 0 Å². The van der Waals surface area contributed by atoms with Gasteiger partial charge in [-0.15, -0.1) is 22.7 Å². The first-order valence-corrected chi connectivity index (χ1v) is 35.6. The van der Waals surface area contributed by atoms with Crippen LogP contribution in [0.25, 0.3) is 178 Å². The van der Waals surface area contributed by atoms with Gasteiger partial charge < -0.3 is 32.0 Å². The van der Waals surface area contributed by atoms with E-state index >= 15 is 0 Å². The van der Waals surface area contributed by atoms with Crippen molar-refractivity contribution in [2.75, 3.05) is 9.80 Å². The Morgan fingerprint density at radius 2 is 0.610 bits per heavy atom. The van der Waals surface area contributed by atoms with Gasteiger partial charge in [0.05, 0.1) is 38.9 Å². The fourth-order valence-corrected chi connectivity index (χ4v) is 20.3. The normalized spacial score (nSPS) is 13.1. The molecule has 0 N–H and O–H groups in total. The standard InChI is InChI=1S/C90H48BN3O4S2/c1-9-27-64-52(19-1)53-20-2-10-28-65(53)92(64)51-45-68-86-69(46-51)94(67-30-18-36-79-85(67)57-24-6-14-34-75(57)98-79)71-48-61(50-40-42-77-63(44-50)55-22-4-12-32-73(55)96-77)83-59-26-8-16-38-81(59)100-90(83)88(71)91(86)87-70(93(68)66-29-17-35-78-84(66)56-23-5-13-33-74(56)97-78)47-60(82-58-25-7-15-37-80(58)99-89(82)87)49-39-41-76-62(43-49)54-21-3-11-31-72(54)95-76/h1-48H. The minimum absolute atomic E-state index is 0.342. The minimum Gasteiger partial charge on any atom is -0.456 e. The summed E-state index contributed by atoms with van der Waals surface area (Å²) >= 11 is 3.83. The number of fused-ring (bicyclic) bond motifs is 27. The lowest BCUT2D eigenvalue weighted by Gasteiger charge is -2.45. The number of furan rings is 4. The molecule has 0 aliphatic carbocycles. The van der Waals surface area contributed by atoms with Gasteiger partial charge in [-0.1, -0.05) is 170 Å². The Labute approximate surface area is 577 Å². The van der Waals surface area contributed by atoms with E-state index in [1.54, 1.807) is 0 Å². The predicted molar refractivity (Wildman–Crippen MR) is 421 cm³/mol. The van der Waals surface area contributed by atoms with E-state index in [1.807, 2.05) is 22.7 Å². The van der Waals surface area contributed by atoms with Crippen LogP contribution in [0.1, 0.15) is 0 Å². The van der Waals surface area contributed by atoms with Gasteiger partial charge in [-0.3, -0.25) is 0 Å². The second-order valence-corrected chi connectivity index (χ2v) is 28.9. The molecule has 0 radical (unpaired) electrons. The zero-order valence-corrected chi connectivity index (χ0v) is 54.7. The van der Waals surface area contributed by atoms with E-state index in [2.05, 4.69) is 306 Å². The first kappa shape index (κ1) is 53.5. The number of aromatic nitrogens is 1. The minimum atomic E-state index is -0.342. The molecule has 0 saturated carbocycles. The summed E-state index contributed by atoms with van der Waals surface area (Å²) in [6.45, 7) is -0.342. The molecular weight excluding hydrogens is 1260 g/mol. The van der Waals surface area contributed by atoms with E-state index in [0.717, 1.165) is 161 Å². The summed E-state index contributed by atoms with van der Waals surface area (Å²) in [6.07, 6.45) is 0. The number of hydrogen-bond donors (Lipinski definition) is 0. The maximum atomic E-state index is 6.98. The average Bonchev–Trinajstić information content (AvgIpc) is 1.18. The van der Waals surface area contributed by atoms with Crippen molar-refractivity contribution in [2.45, 2.75) is 0 Å². The number of thiophene rings is 2. The van der Waals surface area contributed by atoms with Crippen LogP contribution in [0.15, 0.2) is 309 Å². The zero-order chi connectivity index (χ0) is 64.7. The summed E-state index contributed by atoms with van der Waals surface area (Å²) in [5.74, 6) is 0. The summed E-state index contributed by atoms with van der Waals surface area (Å²) in [7, 11) is 0. The van der Waals surface area contributed by atoms with Crippen molar-refractivity contribution in [1.29, 1.82) is 0 Å². The molecule has 2 aliphatic rings. The fraction of sp³-hybridized carbons (Fsp3) is 0. The highest BCUT2D eigenvalue weighted by molar-refractivity contribution is 7.30. The van der Waals surface area contributed by atoms with Crippen LogP contribution in [0.4, 0.5) is 34.1 Å². The Bertz CT molecular complexity index is 6990. The van der Waals surface area contributed by atoms with Gasteiger partial charge in [-0.2, -0.15) is 0 Å². The van der Waals surface area contributed by atoms with Gasteiger partial charge >= 0.3 is 0 Å². The molecule has 100 heavy (non-hydrogen) atoms. The van der Waals surface area contributed by atoms with Gasteiger partial charge in [0, 0.05) is 106 Å². The summed E-state index contributed by atoms with van der Waals surface area (Å²) < 4.78 is 34.6. The molecular formula is C90H48BN3O4S2. The monoisotopic (exact) mass is 1310 g/mol. The Morgan fingerprint density at radius 3 is 1.08 bits per heavy atom. The van der Waals surface area contributed by atoms with Crippen LogP contribution in [0.3, 0.4) is 0 Å². The van der Waals surface area contributed by atoms with E-state index in [1.165, 1.54) is 67.5 Å². The number of anilines is 6. The highest BCUT2D eigenvalue weighted by Crippen LogP contribution is 2.56. The second-order valence-electron chi connectivity index (χ2n) is 26.8. The van der Waals surface area contributed by atoms with E-state index in [4.69, 9.17) is 17.7 Å². The maximum Gasteiger partial charge on any atom is 0.255 e. The molecule has 2 aliphatic heterocycles. The largest absolute Gasteiger partial charge is 0.456 e. The fourth-order valence-electron chi connectivity index (χ4n) is 17.7. The number of nitrogens with zero attached hydrogens (tertiary/aromatic N) is 3. The summed E-state index contributed by atoms with van der Waals surface area (Å²) in [5, 5.41) is 15.8. The van der Waals surface area contributed by atoms with Gasteiger partial charge in [0.1, 0.15) is 44.7 Å². The molecule has 22 aromatic rings. The van der Waals surface area contributed by atoms with Crippen molar-refractivity contribution >= 4 is 230 Å². The molecule has 0 bridgehead atoms. The predicted octanol–water partition coefficient (Wildman–Crippen LogP) is 24.5. The molecule has 0 fully saturated rings. The lowest BCUT2D eigenvalue weighted by Crippen LogP contribution is -2.61. The molecule has 15 aromatic carbocycles. The maximum absolute atomic E-state index is 6.98. The van der Waals surface area contributed by atoms with Crippen molar-refractivity contribution in [3.05, 3.63) is 291 Å². The van der Waals surface area contributed by atoms with Crippen molar-refractivity contribution < 1.29 is 17.7 Å². The molecule has 7 aromatic heterocycles. The van der Waals surface area contributed by atoms with Gasteiger partial charge in [-0.05, 0) is 160 Å². The molecule has 462 valence electrons. The second kappa shape index (κ2) is 19.6. The first-order chi connectivity index (χ1) is 49.6. The molecule has 24 rings (SSSR count). The number of benzene rings is 15. The topological polar surface area (TPSA) is 64.0 Å². The lowest BCUT2D eigenvalue weighted by molar-refractivity contribution is 0.668. The van der Waals surface area contributed by atoms with E-state index < -0.39 is 0 Å². The third kappa shape index (κ3) is 7.07. The SMILES string of the molecule is c1ccc2c(c1)oc1ccc(-c3cc4c(c5sc6ccccc6c35)B3c5c(cc(-n6c7ccccc7c7ccccc76)cc5N(c5cccc6oc7ccccc7c56)c5cc(-c6ccc7oc8ccccc8c7c6)c6c(sc7ccccc76)c53)N4c3cccc4oc5ccccc5c34)cc12. The Kier molecular flexibility index (Phi) is 10.5. The highest BCUT2D eigenvalue weighted by Gasteiger charge is 2.48. The van der Waals surface area contributed by atoms with Crippen LogP contribution >= 0.6 is 22.7 Å². The molecule has 0 amide bonds. The van der Waals surface area contributed by atoms with Gasteiger partial charge in [0.25, 0.3) is 6.71 Å². The smallest absolute Gasteiger partial charge is 0.255 e. The Hall–Kier alpha value is -12.6. The van der Waals surface area contributed by atoms with Crippen molar-refractivity contribution in [2.24, 2.45) is 0 Å². The average molecular weight is 1310 g/mol. The van der Waals surface area contributed by atoms with Crippen LogP contribution < -0.4 is 26.2 Å². The Balaban J connectivity index is 0.929. The van der Waals surface area contributed by atoms with Crippen LogP contribution in [0, 0.1) is 0 Å². The lowest BCUT2D eigenvalue weighted by atomic mass is 9.33. The van der Waals surface area contributed by atoms with Crippen LogP contribution in [0.2, 0.25) is 0 Å². The van der Waals surface area contributed by atoms with Gasteiger partial charge in [0.2, 0.25) is 0 Å². The molecule has 9 heterocycles. The van der Waals surface area contributed by atoms with Crippen molar-refractivity contribution in [1.82, 2.24) is 4.57 Å². The third-order valence-electron chi connectivity index (χ3n) is 21.7. The number of rotatable bonds is 5. The van der Waals surface area contributed by atoms with Crippen LogP contribution in [-0.4, -0.2) is 11.3 Å². The van der Waals surface area contributed by atoms with E-state index in [0.29, 0.717) is 0 Å². The molecule has 0 atom stereocenters. The summed E-state index contributed by atoms with van der Waals surface area (Å²) in [5.41, 5.74) is 24.7. The number of hydrogen-bond acceptors (Lipinski definition) is 8. The molecule has 0 unspecified atom stereocenters. The molecule has 0 saturated heterocycles. The van der Waals surface area contributed by atoms with Gasteiger partial charge in [-0.25, -0.2) is 0 Å². The summed E-state index contributed by atoms with van der Waals surface area (Å²) in [4.78, 5) is 5.28. The zero-order valence-electron chi connectivity index (χ0n) is 53.1. The van der Waals surface area contributed by atoms with E-state index in [-0.39, 0.29) is 6.71 Å². The molecule has 10 heteroatoms. The summed E-state index contributed by atoms with van der Waals surface area (Å²) in [6, 6.07) is 107. The third-order valence-corrected chi connectivity index (χ3v) is 24.1. The first-order valence-electron chi connectivity index (χ1n) is 34.0. The molecule has 7 nitrogen and oxygen atoms in total. The number of para-hydroxylation sites is 6. The van der Waals surface area contributed by atoms with Crippen LogP contribution in [-0.2, 0) is 0 Å². The van der Waals surface area contributed by atoms with Gasteiger partial charge in [0.15, 0.2) is 0 Å². The molecule has 0 spiro atoms. The van der Waals surface area contributed by atoms with Crippen molar-refractivity contribution in [3.63, 3.8) is 0 Å².